The lowest BCUT2D eigenvalue weighted by atomic mass is 9.93. The molecule has 0 spiro atoms. The summed E-state index contributed by atoms with van der Waals surface area (Å²) in [5, 5.41) is 0.950. The van der Waals surface area contributed by atoms with Crippen LogP contribution in [0, 0.1) is 12.7 Å². The van der Waals surface area contributed by atoms with Crippen molar-refractivity contribution in [1.82, 2.24) is 9.88 Å². The number of amides is 1. The van der Waals surface area contributed by atoms with E-state index in [0.717, 1.165) is 53.1 Å². The predicted octanol–water partition coefficient (Wildman–Crippen LogP) is 5.96. The molecule has 1 aliphatic heterocycles. The van der Waals surface area contributed by atoms with Crippen molar-refractivity contribution >= 4 is 16.9 Å². The SMILES string of the molecule is Cc1cc2cc(C(=O)N3CCCC(c4cccc(-c5ccc(F)cc5)n4)C3)ccc2o1. The third-order valence-corrected chi connectivity index (χ3v) is 5.92. The molecule has 1 saturated heterocycles. The molecular weight excluding hydrogens is 391 g/mol. The molecule has 1 fully saturated rings. The van der Waals surface area contributed by atoms with Crippen molar-refractivity contribution in [3.8, 4) is 11.3 Å². The Morgan fingerprint density at radius 1 is 1.10 bits per heavy atom. The second-order valence-corrected chi connectivity index (χ2v) is 8.15. The predicted molar refractivity (Wildman–Crippen MR) is 118 cm³/mol. The molecule has 5 heteroatoms. The van der Waals surface area contributed by atoms with E-state index in [2.05, 4.69) is 0 Å². The molecule has 1 unspecified atom stereocenters. The standard InChI is InChI=1S/C26H23FN2O2/c1-17-14-21-15-19(9-12-25(21)31-17)26(30)29-13-3-4-20(16-29)24-6-2-5-23(28-24)18-7-10-22(27)11-8-18/h2,5-12,14-15,20H,3-4,13,16H2,1H3. The second kappa shape index (κ2) is 7.99. The summed E-state index contributed by atoms with van der Waals surface area (Å²) in [4.78, 5) is 19.9. The van der Waals surface area contributed by atoms with Gasteiger partial charge in [0.05, 0.1) is 5.69 Å². The van der Waals surface area contributed by atoms with Crippen LogP contribution in [-0.2, 0) is 0 Å². The van der Waals surface area contributed by atoms with Gasteiger partial charge in [-0.3, -0.25) is 9.78 Å². The molecule has 0 saturated carbocycles. The van der Waals surface area contributed by atoms with Gasteiger partial charge in [0.2, 0.25) is 0 Å². The van der Waals surface area contributed by atoms with Crippen molar-refractivity contribution in [3.63, 3.8) is 0 Å². The van der Waals surface area contributed by atoms with E-state index in [4.69, 9.17) is 9.40 Å². The minimum absolute atomic E-state index is 0.0418. The van der Waals surface area contributed by atoms with Crippen molar-refractivity contribution in [2.75, 3.05) is 13.1 Å². The van der Waals surface area contributed by atoms with Crippen LogP contribution < -0.4 is 0 Å². The first-order valence-corrected chi connectivity index (χ1v) is 10.6. The number of aromatic nitrogens is 1. The van der Waals surface area contributed by atoms with Crippen LogP contribution in [0.3, 0.4) is 0 Å². The van der Waals surface area contributed by atoms with Crippen LogP contribution in [0.2, 0.25) is 0 Å². The van der Waals surface area contributed by atoms with Crippen LogP contribution in [0.15, 0.2) is 71.1 Å². The Hall–Kier alpha value is -3.47. The second-order valence-electron chi connectivity index (χ2n) is 8.15. The van der Waals surface area contributed by atoms with E-state index >= 15 is 0 Å². The maximum Gasteiger partial charge on any atom is 0.253 e. The Bertz CT molecular complexity index is 1250. The number of fused-ring (bicyclic) bond motifs is 1. The number of hydrogen-bond donors (Lipinski definition) is 0. The van der Waals surface area contributed by atoms with E-state index in [1.165, 1.54) is 12.1 Å². The van der Waals surface area contributed by atoms with Crippen LogP contribution in [0.25, 0.3) is 22.2 Å². The topological polar surface area (TPSA) is 46.3 Å². The lowest BCUT2D eigenvalue weighted by Gasteiger charge is -2.32. The Morgan fingerprint density at radius 3 is 2.77 bits per heavy atom. The minimum Gasteiger partial charge on any atom is -0.461 e. The molecule has 1 atom stereocenters. The summed E-state index contributed by atoms with van der Waals surface area (Å²) in [7, 11) is 0. The van der Waals surface area contributed by atoms with E-state index in [1.807, 2.05) is 54.3 Å². The molecule has 2 aromatic carbocycles. The maximum absolute atomic E-state index is 13.3. The van der Waals surface area contributed by atoms with Crippen LogP contribution in [0.5, 0.6) is 0 Å². The summed E-state index contributed by atoms with van der Waals surface area (Å²) < 4.78 is 18.9. The number of aryl methyl sites for hydroxylation is 1. The first kappa shape index (κ1) is 19.5. The monoisotopic (exact) mass is 414 g/mol. The minimum atomic E-state index is -0.259. The van der Waals surface area contributed by atoms with E-state index in [-0.39, 0.29) is 17.6 Å². The highest BCUT2D eigenvalue weighted by atomic mass is 19.1. The molecule has 4 nitrogen and oxygen atoms in total. The fraction of sp³-hybridized carbons (Fsp3) is 0.231. The Balaban J connectivity index is 1.36. The Morgan fingerprint density at radius 2 is 1.94 bits per heavy atom. The number of benzene rings is 2. The van der Waals surface area contributed by atoms with Gasteiger partial charge in [-0.25, -0.2) is 4.39 Å². The lowest BCUT2D eigenvalue weighted by Crippen LogP contribution is -2.39. The smallest absolute Gasteiger partial charge is 0.253 e. The number of halogens is 1. The number of pyridine rings is 1. The number of likely N-dealkylation sites (tertiary alicyclic amines) is 1. The zero-order chi connectivity index (χ0) is 21.4. The highest BCUT2D eigenvalue weighted by Gasteiger charge is 2.26. The molecule has 0 radical (unpaired) electrons. The Kier molecular flexibility index (Phi) is 5.02. The van der Waals surface area contributed by atoms with Gasteiger partial charge >= 0.3 is 0 Å². The van der Waals surface area contributed by atoms with Gasteiger partial charge in [-0.1, -0.05) is 6.07 Å². The van der Waals surface area contributed by atoms with Gasteiger partial charge < -0.3 is 9.32 Å². The third-order valence-electron chi connectivity index (χ3n) is 5.92. The number of carbonyl (C=O) groups is 1. The van der Waals surface area contributed by atoms with Crippen molar-refractivity contribution in [2.24, 2.45) is 0 Å². The molecule has 5 rings (SSSR count). The first-order chi connectivity index (χ1) is 15.1. The van der Waals surface area contributed by atoms with Crippen molar-refractivity contribution < 1.29 is 13.6 Å². The molecule has 0 aliphatic carbocycles. The van der Waals surface area contributed by atoms with Gasteiger partial charge in [-0.05, 0) is 80.4 Å². The average molecular weight is 414 g/mol. The van der Waals surface area contributed by atoms with Crippen LogP contribution in [0.4, 0.5) is 4.39 Å². The molecule has 4 aromatic rings. The summed E-state index contributed by atoms with van der Waals surface area (Å²) in [5.41, 5.74) is 4.16. The Labute approximate surface area is 180 Å². The largest absolute Gasteiger partial charge is 0.461 e. The van der Waals surface area contributed by atoms with Gasteiger partial charge in [0, 0.05) is 41.2 Å². The fourth-order valence-corrected chi connectivity index (χ4v) is 4.35. The van der Waals surface area contributed by atoms with E-state index < -0.39 is 0 Å². The van der Waals surface area contributed by atoms with Gasteiger partial charge in [-0.2, -0.15) is 0 Å². The van der Waals surface area contributed by atoms with Gasteiger partial charge in [0.1, 0.15) is 17.2 Å². The number of nitrogens with zero attached hydrogens (tertiary/aromatic N) is 2. The van der Waals surface area contributed by atoms with Gasteiger partial charge in [0.25, 0.3) is 5.91 Å². The summed E-state index contributed by atoms with van der Waals surface area (Å²) in [6, 6.07) is 19.9. The summed E-state index contributed by atoms with van der Waals surface area (Å²) >= 11 is 0. The summed E-state index contributed by atoms with van der Waals surface area (Å²) in [5.74, 6) is 0.799. The van der Waals surface area contributed by atoms with Crippen molar-refractivity contribution in [2.45, 2.75) is 25.7 Å². The van der Waals surface area contributed by atoms with Gasteiger partial charge in [-0.15, -0.1) is 0 Å². The van der Waals surface area contributed by atoms with E-state index in [1.54, 1.807) is 12.1 Å². The first-order valence-electron chi connectivity index (χ1n) is 10.6. The number of furan rings is 1. The van der Waals surface area contributed by atoms with Crippen LogP contribution >= 0.6 is 0 Å². The highest BCUT2D eigenvalue weighted by Crippen LogP contribution is 2.29. The average Bonchev–Trinajstić information content (AvgIpc) is 3.18. The zero-order valence-electron chi connectivity index (χ0n) is 17.3. The fourth-order valence-electron chi connectivity index (χ4n) is 4.35. The molecule has 1 amide bonds. The molecule has 0 bridgehead atoms. The van der Waals surface area contributed by atoms with Gasteiger partial charge in [0.15, 0.2) is 0 Å². The molecule has 156 valence electrons. The lowest BCUT2D eigenvalue weighted by molar-refractivity contribution is 0.0706. The van der Waals surface area contributed by atoms with Crippen molar-refractivity contribution in [3.05, 3.63) is 89.6 Å². The number of carbonyl (C=O) groups excluding carboxylic acids is 1. The molecule has 0 N–H and O–H groups in total. The number of hydrogen-bond acceptors (Lipinski definition) is 3. The van der Waals surface area contributed by atoms with E-state index in [9.17, 15) is 9.18 Å². The molecule has 1 aliphatic rings. The quantitative estimate of drug-likeness (QED) is 0.415. The summed E-state index contributed by atoms with van der Waals surface area (Å²) in [6.45, 7) is 3.29. The van der Waals surface area contributed by atoms with Crippen LogP contribution in [-0.4, -0.2) is 28.9 Å². The molecule has 3 heterocycles. The third kappa shape index (κ3) is 3.96. The van der Waals surface area contributed by atoms with E-state index in [0.29, 0.717) is 12.1 Å². The van der Waals surface area contributed by atoms with Crippen molar-refractivity contribution in [1.29, 1.82) is 0 Å². The number of rotatable bonds is 3. The highest BCUT2D eigenvalue weighted by molar-refractivity contribution is 5.98. The molecule has 31 heavy (non-hydrogen) atoms. The maximum atomic E-state index is 13.3. The zero-order valence-corrected chi connectivity index (χ0v) is 17.3. The number of piperidine rings is 1. The summed E-state index contributed by atoms with van der Waals surface area (Å²) in [6.07, 6.45) is 1.93. The van der Waals surface area contributed by atoms with Crippen LogP contribution in [0.1, 0.15) is 40.6 Å². The molecule has 2 aromatic heterocycles. The molecular formula is C26H23FN2O2. The normalized spacial score (nSPS) is 16.6.